The quantitative estimate of drug-likeness (QED) is 0.0302. The molecule has 0 bridgehead atoms. The molecule has 1 nitrogen and oxygen atoms in total. The number of carbonyl (C=O) groups is 1. The smallest absolute Gasteiger partial charge is 0.289 e. The molecule has 5 aromatic rings. The summed E-state index contributed by atoms with van der Waals surface area (Å²) < 4.78 is 293. The zero-order valence-corrected chi connectivity index (χ0v) is 39.1. The zero-order valence-electron chi connectivity index (χ0n) is 28.8. The number of ketones is 1. The Hall–Kier alpha value is -2.34. The number of hydrogen-bond donors (Lipinski definition) is 0. The second-order valence-corrected chi connectivity index (χ2v) is 31.0. The molecule has 0 saturated heterocycles. The molecular formula is C34H7BBr6F20OS. The van der Waals surface area contributed by atoms with Crippen molar-refractivity contribution in [3.05, 3.63) is 152 Å². The lowest BCUT2D eigenvalue weighted by Crippen LogP contribution is -2.81. The minimum Gasteiger partial charge on any atom is -0.289 e. The van der Waals surface area contributed by atoms with Crippen LogP contribution >= 0.6 is 95.6 Å². The van der Waals surface area contributed by atoms with Gasteiger partial charge in [0.1, 0.15) is 52.7 Å². The predicted molar refractivity (Wildman–Crippen MR) is 211 cm³/mol. The van der Waals surface area contributed by atoms with Crippen molar-refractivity contribution < 1.29 is 92.6 Å². The van der Waals surface area contributed by atoms with Crippen molar-refractivity contribution in [1.29, 1.82) is 0 Å². The lowest BCUT2D eigenvalue weighted by Gasteiger charge is -2.44. The van der Waals surface area contributed by atoms with Crippen LogP contribution in [0.15, 0.2) is 30.3 Å². The maximum Gasteiger partial charge on any atom is 0.291 e. The summed E-state index contributed by atoms with van der Waals surface area (Å²) >= 11 is 20.9. The van der Waals surface area contributed by atoms with Crippen LogP contribution in [0.4, 0.5) is 87.8 Å². The molecule has 29 heteroatoms. The largest absolute Gasteiger partial charge is 0.291 e. The van der Waals surface area contributed by atoms with E-state index in [2.05, 4.69) is 95.6 Å². The van der Waals surface area contributed by atoms with E-state index in [9.17, 15) is 57.5 Å². The molecule has 0 aliphatic heterocycles. The second-order valence-electron chi connectivity index (χ2n) is 12.0. The third-order valence-electron chi connectivity index (χ3n) is 8.64. The van der Waals surface area contributed by atoms with Gasteiger partial charge in [0, 0.05) is 101 Å². The first-order valence-electron chi connectivity index (χ1n) is 15.5. The Labute approximate surface area is 391 Å². The number of carbonyl (C=O) groups excluding carboxylic acids is 1. The molecular weight excluding hydrogens is 1330 g/mol. The minimum absolute atomic E-state index is 0.0874. The number of rotatable bonds is 7. The van der Waals surface area contributed by atoms with E-state index in [-0.39, 0.29) is 5.78 Å². The molecule has 5 aromatic carbocycles. The molecule has 0 aliphatic rings. The van der Waals surface area contributed by atoms with Gasteiger partial charge in [0.25, 0.3) is 2.95 Å². The van der Waals surface area contributed by atoms with E-state index in [4.69, 9.17) is 0 Å². The van der Waals surface area contributed by atoms with Crippen molar-refractivity contribution in [2.45, 2.75) is 2.95 Å². The maximum absolute atomic E-state index is 15.4. The van der Waals surface area contributed by atoms with Crippen molar-refractivity contribution in [2.75, 3.05) is 5.75 Å². The molecule has 0 amide bonds. The van der Waals surface area contributed by atoms with Crippen LogP contribution in [-0.2, 0) is 10.9 Å². The van der Waals surface area contributed by atoms with Crippen LogP contribution in [0, 0.1) is 116 Å². The van der Waals surface area contributed by atoms with E-state index in [0.717, 1.165) is 0 Å². The van der Waals surface area contributed by atoms with Crippen molar-refractivity contribution in [1.82, 2.24) is 0 Å². The number of halogens is 26. The van der Waals surface area contributed by atoms with Gasteiger partial charge < -0.3 is 0 Å². The monoisotopic (exact) mass is 1330 g/mol. The van der Waals surface area contributed by atoms with Crippen LogP contribution in [0.1, 0.15) is 10.4 Å². The highest BCUT2D eigenvalue weighted by atomic mass is 80.0. The summed E-state index contributed by atoms with van der Waals surface area (Å²) in [6.45, 7) is 0. The lowest BCUT2D eigenvalue weighted by atomic mass is 9.12. The normalized spacial score (nSPS) is 12.2. The third kappa shape index (κ3) is 9.35. The summed E-state index contributed by atoms with van der Waals surface area (Å²) in [5.74, 6) is -70.9. The molecule has 0 fully saturated rings. The van der Waals surface area contributed by atoms with Crippen molar-refractivity contribution >= 4 is 140 Å². The van der Waals surface area contributed by atoms with Crippen molar-refractivity contribution in [3.63, 3.8) is 0 Å². The molecule has 0 N–H and O–H groups in total. The Morgan fingerprint density at radius 1 is 0.365 bits per heavy atom. The van der Waals surface area contributed by atoms with Gasteiger partial charge in [-0.25, -0.2) is 87.8 Å². The fourth-order valence-corrected chi connectivity index (χ4v) is 19.3. The number of benzene rings is 5. The molecule has 0 atom stereocenters. The minimum atomic E-state index is -7.22. The highest BCUT2D eigenvalue weighted by Gasteiger charge is 2.55. The number of alkyl halides is 6. The van der Waals surface area contributed by atoms with Crippen LogP contribution in [0.3, 0.4) is 0 Å². The van der Waals surface area contributed by atoms with Gasteiger partial charge >= 0.3 is 0 Å². The summed E-state index contributed by atoms with van der Waals surface area (Å²) in [4.78, 5) is 12.2. The van der Waals surface area contributed by atoms with Gasteiger partial charge in [0.05, 0.1) is 10.9 Å². The Bertz CT molecular complexity index is 2270. The maximum atomic E-state index is 15.4. The Kier molecular flexibility index (Phi) is 16.5. The molecule has 0 aromatic heterocycles. The third-order valence-corrected chi connectivity index (χ3v) is 17.3. The summed E-state index contributed by atoms with van der Waals surface area (Å²) in [7, 11) is -0.439. The second kappa shape index (κ2) is 19.5. The molecule has 0 unspecified atom stereocenters. The average Bonchev–Trinajstić information content (AvgIpc) is 3.22. The van der Waals surface area contributed by atoms with Crippen LogP contribution < -0.4 is 21.9 Å². The molecule has 0 heterocycles. The van der Waals surface area contributed by atoms with Crippen LogP contribution in [0.5, 0.6) is 0 Å². The van der Waals surface area contributed by atoms with E-state index >= 15 is 35.1 Å². The molecule has 5 rings (SSSR count). The highest BCUT2D eigenvalue weighted by Crippen LogP contribution is 2.54. The Balaban J connectivity index is 0.000000405. The molecule has 0 radical (unpaired) electrons. The fraction of sp³-hybridized carbons (Fsp3) is 0.0882. The Morgan fingerprint density at radius 2 is 0.556 bits per heavy atom. The van der Waals surface area contributed by atoms with Crippen LogP contribution in [0.2, 0.25) is 0 Å². The first kappa shape index (κ1) is 53.3. The van der Waals surface area contributed by atoms with Crippen molar-refractivity contribution in [3.8, 4) is 0 Å². The van der Waals surface area contributed by atoms with Gasteiger partial charge in [-0.05, 0) is 0 Å². The standard InChI is InChI=1S/C24BF20.C10H7Br6OS/c26-5-1(6(27)14(35)21(42)13(5)34)25(2-7(28)15(36)22(43)16(37)8(2)29,3-9(30)17(38)23(44)18(39)10(3)31)4-11(32)19(40)24(45)20(41)12(4)33;11-9(12,13)18(10(14,15)16)6-8(17)7-4-2-1-3-5-7/h;1-5H,6H2/q-1;+1. The van der Waals surface area contributed by atoms with Gasteiger partial charge in [0.15, 0.2) is 75.6 Å². The summed E-state index contributed by atoms with van der Waals surface area (Å²) in [6.07, 6.45) is -7.22. The summed E-state index contributed by atoms with van der Waals surface area (Å²) in [6, 6.07) is 9.25. The molecule has 63 heavy (non-hydrogen) atoms. The SMILES string of the molecule is Fc1c(F)c(F)c([B-](c2c(F)c(F)c(F)c(F)c2F)(c2c(F)c(F)c(F)c(F)c2F)c2c(F)c(F)c(F)c(F)c2F)c(F)c1F.O=C(C[S+](C(Br)(Br)Br)C(Br)(Br)Br)c1ccccc1. The Morgan fingerprint density at radius 3 is 0.746 bits per heavy atom. The van der Waals surface area contributed by atoms with E-state index in [1.54, 1.807) is 0 Å². The summed E-state index contributed by atoms with van der Waals surface area (Å²) in [5, 5.41) is 0. The first-order chi connectivity index (χ1) is 28.8. The van der Waals surface area contributed by atoms with Crippen molar-refractivity contribution in [2.24, 2.45) is 0 Å². The summed E-state index contributed by atoms with van der Waals surface area (Å²) in [5.41, 5.74) is -13.6. The van der Waals surface area contributed by atoms with E-state index in [1.165, 1.54) is 0 Å². The van der Waals surface area contributed by atoms with Gasteiger partial charge in [-0.15, -0.1) is 21.9 Å². The fourth-order valence-electron chi connectivity index (χ4n) is 6.01. The molecule has 0 saturated carbocycles. The van der Waals surface area contributed by atoms with Gasteiger partial charge in [-0.2, -0.15) is 0 Å². The average molecular weight is 1330 g/mol. The first-order valence-corrected chi connectivity index (χ1v) is 21.6. The van der Waals surface area contributed by atoms with Crippen LogP contribution in [0.25, 0.3) is 0 Å². The molecule has 0 aliphatic carbocycles. The lowest BCUT2D eigenvalue weighted by molar-refractivity contribution is 0.102. The van der Waals surface area contributed by atoms with E-state index in [1.807, 2.05) is 30.3 Å². The van der Waals surface area contributed by atoms with E-state index < -0.39 is 158 Å². The van der Waals surface area contributed by atoms with E-state index in [0.29, 0.717) is 11.3 Å². The topological polar surface area (TPSA) is 17.1 Å². The predicted octanol–water partition coefficient (Wildman–Crippen LogP) is 11.9. The van der Waals surface area contributed by atoms with Crippen LogP contribution in [-0.4, -0.2) is 20.6 Å². The number of hydrogen-bond acceptors (Lipinski definition) is 1. The molecule has 0 spiro atoms. The zero-order chi connectivity index (χ0) is 48.3. The number of Topliss-reactive ketones (excluding diaryl/α,β-unsaturated/α-hetero) is 1. The van der Waals surface area contributed by atoms with Gasteiger partial charge in [-0.1, -0.05) is 30.3 Å². The van der Waals surface area contributed by atoms with Gasteiger partial charge in [-0.3, -0.25) is 4.79 Å². The molecule has 340 valence electrons. The van der Waals surface area contributed by atoms with Gasteiger partial charge in [0.2, 0.25) is 5.78 Å². The highest BCUT2D eigenvalue weighted by molar-refractivity contribution is 9.46.